The smallest absolute Gasteiger partial charge is 0.0614 e. The molecule has 1 atom stereocenters. The lowest BCUT2D eigenvalue weighted by Gasteiger charge is -2.31. The zero-order valence-corrected chi connectivity index (χ0v) is 13.5. The first-order chi connectivity index (χ1) is 11.3. The Balaban J connectivity index is 1.63. The van der Waals surface area contributed by atoms with Crippen LogP contribution in [0.25, 0.3) is 11.1 Å². The van der Waals surface area contributed by atoms with Gasteiger partial charge < -0.3 is 5.73 Å². The largest absolute Gasteiger partial charge is 0.399 e. The van der Waals surface area contributed by atoms with Crippen molar-refractivity contribution in [3.8, 4) is 11.1 Å². The monoisotopic (exact) mass is 304 g/mol. The van der Waals surface area contributed by atoms with Crippen LogP contribution in [-0.2, 0) is 0 Å². The third-order valence-corrected chi connectivity index (χ3v) is 6.23. The molecule has 6 rings (SSSR count). The third kappa shape index (κ3) is 2.12. The van der Waals surface area contributed by atoms with E-state index in [4.69, 9.17) is 5.73 Å². The van der Waals surface area contributed by atoms with Gasteiger partial charge in [0.15, 0.2) is 0 Å². The minimum absolute atomic E-state index is 0.408. The number of anilines is 1. The molecular weight excluding hydrogens is 280 g/mol. The van der Waals surface area contributed by atoms with Crippen molar-refractivity contribution in [3.05, 3.63) is 53.6 Å². The van der Waals surface area contributed by atoms with Crippen molar-refractivity contribution in [1.82, 2.24) is 4.90 Å². The SMILES string of the molecule is Nc1ccc2c(c1)C(N1CC3CCC(CC3)C1)c1ccccc1-2. The molecule has 2 aliphatic heterocycles. The highest BCUT2D eigenvalue weighted by Gasteiger charge is 2.38. The van der Waals surface area contributed by atoms with E-state index in [-0.39, 0.29) is 0 Å². The summed E-state index contributed by atoms with van der Waals surface area (Å²) in [7, 11) is 0. The molecule has 2 aromatic carbocycles. The van der Waals surface area contributed by atoms with Crippen molar-refractivity contribution in [2.24, 2.45) is 11.8 Å². The van der Waals surface area contributed by atoms with Crippen molar-refractivity contribution in [2.75, 3.05) is 18.8 Å². The van der Waals surface area contributed by atoms with E-state index in [0.717, 1.165) is 17.5 Å². The second kappa shape index (κ2) is 5.10. The molecule has 3 fully saturated rings. The van der Waals surface area contributed by atoms with Crippen LogP contribution in [0, 0.1) is 11.8 Å². The molecule has 1 unspecified atom stereocenters. The lowest BCUT2D eigenvalue weighted by atomic mass is 9.84. The number of nitrogens with zero attached hydrogens (tertiary/aromatic N) is 1. The Morgan fingerprint density at radius 2 is 1.43 bits per heavy atom. The van der Waals surface area contributed by atoms with Crippen LogP contribution in [0.3, 0.4) is 0 Å². The molecule has 0 spiro atoms. The fraction of sp³-hybridized carbons (Fsp3) is 0.429. The van der Waals surface area contributed by atoms with Crippen molar-refractivity contribution < 1.29 is 0 Å². The van der Waals surface area contributed by atoms with Gasteiger partial charge in [0.2, 0.25) is 0 Å². The molecule has 23 heavy (non-hydrogen) atoms. The predicted molar refractivity (Wildman–Crippen MR) is 95.2 cm³/mol. The van der Waals surface area contributed by atoms with Crippen molar-refractivity contribution in [2.45, 2.75) is 31.7 Å². The van der Waals surface area contributed by atoms with Crippen molar-refractivity contribution >= 4 is 5.69 Å². The predicted octanol–water partition coefficient (Wildman–Crippen LogP) is 4.46. The van der Waals surface area contributed by atoms with E-state index in [1.807, 2.05) is 6.07 Å². The molecule has 2 heterocycles. The summed E-state index contributed by atoms with van der Waals surface area (Å²) in [5.41, 5.74) is 12.7. The van der Waals surface area contributed by atoms with Gasteiger partial charge in [-0.2, -0.15) is 0 Å². The molecule has 2 bridgehead atoms. The molecule has 0 aromatic heterocycles. The molecule has 1 saturated carbocycles. The van der Waals surface area contributed by atoms with Crippen LogP contribution in [0.4, 0.5) is 5.69 Å². The van der Waals surface area contributed by atoms with E-state index in [2.05, 4.69) is 41.3 Å². The van der Waals surface area contributed by atoms with Gasteiger partial charge in [0.25, 0.3) is 0 Å². The topological polar surface area (TPSA) is 29.3 Å². The highest BCUT2D eigenvalue weighted by atomic mass is 15.2. The van der Waals surface area contributed by atoms with Gasteiger partial charge in [0.05, 0.1) is 6.04 Å². The van der Waals surface area contributed by atoms with Crippen LogP contribution in [-0.4, -0.2) is 18.0 Å². The van der Waals surface area contributed by atoms with Gasteiger partial charge in [-0.1, -0.05) is 30.3 Å². The number of nitrogen functional groups attached to an aromatic ring is 1. The number of hydrogen-bond acceptors (Lipinski definition) is 2. The van der Waals surface area contributed by atoms with Crippen LogP contribution in [0.5, 0.6) is 0 Å². The Hall–Kier alpha value is -1.80. The van der Waals surface area contributed by atoms with Gasteiger partial charge in [0.1, 0.15) is 0 Å². The normalized spacial score (nSPS) is 29.1. The van der Waals surface area contributed by atoms with Crippen molar-refractivity contribution in [3.63, 3.8) is 0 Å². The maximum absolute atomic E-state index is 6.14. The van der Waals surface area contributed by atoms with Crippen LogP contribution in [0.1, 0.15) is 42.9 Å². The molecule has 0 radical (unpaired) electrons. The first kappa shape index (κ1) is 13.6. The van der Waals surface area contributed by atoms with Crippen LogP contribution in [0.2, 0.25) is 0 Å². The summed E-state index contributed by atoms with van der Waals surface area (Å²) in [6.07, 6.45) is 5.72. The van der Waals surface area contributed by atoms with Crippen LogP contribution >= 0.6 is 0 Å². The van der Waals surface area contributed by atoms with E-state index in [1.165, 1.54) is 61.0 Å². The number of hydrogen-bond donors (Lipinski definition) is 1. The Kier molecular flexibility index (Phi) is 3.02. The average Bonchev–Trinajstić information content (AvgIpc) is 2.70. The molecule has 118 valence electrons. The molecule has 4 aliphatic rings. The van der Waals surface area contributed by atoms with Gasteiger partial charge >= 0.3 is 0 Å². The minimum Gasteiger partial charge on any atom is -0.399 e. The molecule has 2 heteroatoms. The fourth-order valence-corrected chi connectivity index (χ4v) is 5.14. The summed E-state index contributed by atoms with van der Waals surface area (Å²) in [6.45, 7) is 2.51. The highest BCUT2D eigenvalue weighted by Crippen LogP contribution is 2.49. The van der Waals surface area contributed by atoms with E-state index in [9.17, 15) is 0 Å². The number of fused-ring (bicyclic) bond motifs is 7. The summed E-state index contributed by atoms with van der Waals surface area (Å²) >= 11 is 0. The third-order valence-electron chi connectivity index (χ3n) is 6.23. The highest BCUT2D eigenvalue weighted by molar-refractivity contribution is 5.80. The van der Waals surface area contributed by atoms with Crippen molar-refractivity contribution in [1.29, 1.82) is 0 Å². The Morgan fingerprint density at radius 1 is 0.783 bits per heavy atom. The van der Waals surface area contributed by atoms with E-state index >= 15 is 0 Å². The summed E-state index contributed by atoms with van der Waals surface area (Å²) in [4.78, 5) is 2.76. The van der Waals surface area contributed by atoms with Crippen LogP contribution in [0.15, 0.2) is 42.5 Å². The summed E-state index contributed by atoms with van der Waals surface area (Å²) in [6, 6.07) is 15.8. The Bertz CT molecular complexity index is 729. The van der Waals surface area contributed by atoms with Gasteiger partial charge in [-0.05, 0) is 71.9 Å². The quantitative estimate of drug-likeness (QED) is 0.788. The second-order valence-corrected chi connectivity index (χ2v) is 7.68. The zero-order chi connectivity index (χ0) is 15.4. The molecule has 2 saturated heterocycles. The van der Waals surface area contributed by atoms with Gasteiger partial charge in [-0.15, -0.1) is 0 Å². The van der Waals surface area contributed by atoms with Gasteiger partial charge in [-0.25, -0.2) is 0 Å². The lowest BCUT2D eigenvalue weighted by Crippen LogP contribution is -2.32. The van der Waals surface area contributed by atoms with E-state index in [1.54, 1.807) is 0 Å². The molecule has 2 aliphatic carbocycles. The molecule has 2 N–H and O–H groups in total. The first-order valence-electron chi connectivity index (χ1n) is 9.02. The van der Waals surface area contributed by atoms with Gasteiger partial charge in [-0.3, -0.25) is 4.90 Å². The molecular formula is C21H24N2. The molecule has 0 amide bonds. The van der Waals surface area contributed by atoms with Gasteiger partial charge in [0, 0.05) is 18.8 Å². The first-order valence-corrected chi connectivity index (χ1v) is 9.02. The van der Waals surface area contributed by atoms with E-state index in [0.29, 0.717) is 6.04 Å². The average molecular weight is 304 g/mol. The molecule has 2 aromatic rings. The second-order valence-electron chi connectivity index (χ2n) is 7.68. The zero-order valence-electron chi connectivity index (χ0n) is 13.5. The maximum atomic E-state index is 6.14. The number of rotatable bonds is 1. The van der Waals surface area contributed by atoms with Crippen LogP contribution < -0.4 is 5.73 Å². The molecule has 2 nitrogen and oxygen atoms in total. The van der Waals surface area contributed by atoms with E-state index < -0.39 is 0 Å². The maximum Gasteiger partial charge on any atom is 0.0614 e. The summed E-state index contributed by atoms with van der Waals surface area (Å²) in [5, 5.41) is 0. The fourth-order valence-electron chi connectivity index (χ4n) is 5.14. The number of nitrogens with two attached hydrogens (primary N) is 1. The summed E-state index contributed by atoms with van der Waals surface area (Å²) < 4.78 is 0. The minimum atomic E-state index is 0.408. The number of benzene rings is 2. The Morgan fingerprint density at radius 3 is 2.17 bits per heavy atom. The summed E-state index contributed by atoms with van der Waals surface area (Å²) in [5.74, 6) is 1.79. The standard InChI is InChI=1S/C21H24N2/c22-16-9-10-18-17-3-1-2-4-19(17)21(20(18)11-16)23-12-14-5-6-15(13-23)8-7-14/h1-4,9-11,14-15,21H,5-8,12-13,22H2. The lowest BCUT2D eigenvalue weighted by molar-refractivity contribution is 0.210. The Labute approximate surface area is 138 Å².